The van der Waals surface area contributed by atoms with Gasteiger partial charge in [0.25, 0.3) is 0 Å². The number of ether oxygens (including phenoxy) is 1. The highest BCUT2D eigenvalue weighted by molar-refractivity contribution is 7.99. The van der Waals surface area contributed by atoms with Crippen LogP contribution in [-0.2, 0) is 0 Å². The molecule has 3 heteroatoms. The van der Waals surface area contributed by atoms with Gasteiger partial charge in [0.15, 0.2) is 0 Å². The second kappa shape index (κ2) is 8.82. The summed E-state index contributed by atoms with van der Waals surface area (Å²) in [4.78, 5) is 1.33. The average Bonchev–Trinajstić information content (AvgIpc) is 2.34. The van der Waals surface area contributed by atoms with Crippen molar-refractivity contribution in [3.8, 4) is 5.75 Å². The first kappa shape index (κ1) is 13.8. The number of methoxy groups -OCH3 is 1. The molecule has 0 aromatic heterocycles. The molecule has 0 unspecified atom stereocenters. The summed E-state index contributed by atoms with van der Waals surface area (Å²) in [5.74, 6) is 3.16. The van der Waals surface area contributed by atoms with Gasteiger partial charge in [0.2, 0.25) is 0 Å². The van der Waals surface area contributed by atoms with E-state index in [4.69, 9.17) is 4.74 Å². The molecule has 0 aliphatic carbocycles. The Morgan fingerprint density at radius 3 is 2.38 bits per heavy atom. The Bertz CT molecular complexity index is 272. The van der Waals surface area contributed by atoms with E-state index < -0.39 is 0 Å². The van der Waals surface area contributed by atoms with Crippen molar-refractivity contribution in [2.45, 2.75) is 30.6 Å². The van der Waals surface area contributed by atoms with Gasteiger partial charge in [0.05, 0.1) is 7.11 Å². The van der Waals surface area contributed by atoms with Gasteiger partial charge in [0.1, 0.15) is 5.75 Å². The third kappa shape index (κ3) is 5.71. The van der Waals surface area contributed by atoms with Gasteiger partial charge in [-0.05, 0) is 48.6 Å². The predicted molar refractivity (Wildman–Crippen MR) is 76.0 cm³/mol. The Kier molecular flexibility index (Phi) is 7.60. The summed E-state index contributed by atoms with van der Waals surface area (Å²) >= 11 is 6.13. The number of benzene rings is 1. The molecule has 1 aromatic carbocycles. The zero-order valence-corrected chi connectivity index (χ0v) is 11.5. The molecule has 0 heterocycles. The minimum absolute atomic E-state index is 0.929. The number of thioether (sulfide) groups is 1. The van der Waals surface area contributed by atoms with Crippen molar-refractivity contribution in [3.05, 3.63) is 24.3 Å². The number of thiol groups is 1. The minimum Gasteiger partial charge on any atom is -0.497 e. The highest BCUT2D eigenvalue weighted by atomic mass is 32.2. The summed E-state index contributed by atoms with van der Waals surface area (Å²) in [6, 6.07) is 8.28. The molecule has 1 aromatic rings. The first-order chi connectivity index (χ1) is 7.86. The lowest BCUT2D eigenvalue weighted by atomic mass is 10.2. The van der Waals surface area contributed by atoms with Gasteiger partial charge in [-0.1, -0.05) is 12.8 Å². The summed E-state index contributed by atoms with van der Waals surface area (Å²) in [6.07, 6.45) is 5.18. The van der Waals surface area contributed by atoms with Crippen LogP contribution in [0.1, 0.15) is 25.7 Å². The monoisotopic (exact) mass is 256 g/mol. The van der Waals surface area contributed by atoms with Crippen molar-refractivity contribution in [1.82, 2.24) is 0 Å². The van der Waals surface area contributed by atoms with E-state index in [0.717, 1.165) is 11.5 Å². The maximum absolute atomic E-state index is 5.12. The largest absolute Gasteiger partial charge is 0.497 e. The van der Waals surface area contributed by atoms with E-state index in [0.29, 0.717) is 0 Å². The zero-order chi connectivity index (χ0) is 11.6. The molecule has 0 aliphatic heterocycles. The van der Waals surface area contributed by atoms with Crippen LogP contribution in [0.25, 0.3) is 0 Å². The van der Waals surface area contributed by atoms with Crippen LogP contribution in [0, 0.1) is 0 Å². The molecule has 0 N–H and O–H groups in total. The first-order valence-electron chi connectivity index (χ1n) is 5.74. The molecule has 0 atom stereocenters. The smallest absolute Gasteiger partial charge is 0.118 e. The van der Waals surface area contributed by atoms with Gasteiger partial charge in [-0.25, -0.2) is 0 Å². The molecule has 0 aliphatic rings. The first-order valence-corrected chi connectivity index (χ1v) is 7.36. The summed E-state index contributed by atoms with van der Waals surface area (Å²) in [6.45, 7) is 0. The van der Waals surface area contributed by atoms with Gasteiger partial charge < -0.3 is 4.74 Å². The highest BCUT2D eigenvalue weighted by Gasteiger charge is 1.95. The van der Waals surface area contributed by atoms with Gasteiger partial charge in [-0.2, -0.15) is 12.6 Å². The van der Waals surface area contributed by atoms with Gasteiger partial charge in [-0.3, -0.25) is 0 Å². The van der Waals surface area contributed by atoms with Gasteiger partial charge in [0, 0.05) is 4.90 Å². The molecule has 0 spiro atoms. The zero-order valence-electron chi connectivity index (χ0n) is 9.82. The maximum Gasteiger partial charge on any atom is 0.118 e. The summed E-state index contributed by atoms with van der Waals surface area (Å²) in [5, 5.41) is 0. The van der Waals surface area contributed by atoms with Crippen LogP contribution in [0.3, 0.4) is 0 Å². The van der Waals surface area contributed by atoms with Crippen LogP contribution in [0.4, 0.5) is 0 Å². The average molecular weight is 256 g/mol. The Morgan fingerprint density at radius 2 is 1.75 bits per heavy atom. The van der Waals surface area contributed by atoms with Crippen LogP contribution in [0.5, 0.6) is 5.75 Å². The fourth-order valence-electron chi connectivity index (χ4n) is 1.43. The van der Waals surface area contributed by atoms with E-state index in [1.807, 2.05) is 23.9 Å². The molecule has 0 saturated heterocycles. The van der Waals surface area contributed by atoms with Crippen LogP contribution >= 0.6 is 24.4 Å². The van der Waals surface area contributed by atoms with E-state index in [9.17, 15) is 0 Å². The SMILES string of the molecule is COc1ccc(SCCCCCCS)cc1. The van der Waals surface area contributed by atoms with Crippen LogP contribution in [0.2, 0.25) is 0 Å². The van der Waals surface area contributed by atoms with Gasteiger partial charge in [-0.15, -0.1) is 11.8 Å². The maximum atomic E-state index is 5.12. The molecule has 90 valence electrons. The fraction of sp³-hybridized carbons (Fsp3) is 0.538. The normalized spacial score (nSPS) is 10.4. The van der Waals surface area contributed by atoms with E-state index in [1.54, 1.807) is 7.11 Å². The molecule has 1 rings (SSSR count). The molecule has 0 amide bonds. The number of rotatable bonds is 8. The molecule has 0 fully saturated rings. The van der Waals surface area contributed by atoms with E-state index in [-0.39, 0.29) is 0 Å². The lowest BCUT2D eigenvalue weighted by Gasteiger charge is -2.03. The Labute approximate surface area is 108 Å². The van der Waals surface area contributed by atoms with Crippen molar-refractivity contribution in [1.29, 1.82) is 0 Å². The molecule has 0 bridgehead atoms. The number of unbranched alkanes of at least 4 members (excludes halogenated alkanes) is 3. The van der Waals surface area contributed by atoms with Crippen LogP contribution in [0.15, 0.2) is 29.2 Å². The van der Waals surface area contributed by atoms with Crippen molar-refractivity contribution >= 4 is 24.4 Å². The lowest BCUT2D eigenvalue weighted by Crippen LogP contribution is -1.84. The number of hydrogen-bond donors (Lipinski definition) is 1. The third-order valence-corrected chi connectivity index (χ3v) is 3.80. The summed E-state index contributed by atoms with van der Waals surface area (Å²) < 4.78 is 5.12. The van der Waals surface area contributed by atoms with Gasteiger partial charge >= 0.3 is 0 Å². The van der Waals surface area contributed by atoms with Crippen molar-refractivity contribution in [2.75, 3.05) is 18.6 Å². The lowest BCUT2D eigenvalue weighted by molar-refractivity contribution is 0.414. The minimum atomic E-state index is 0.929. The third-order valence-electron chi connectivity index (χ3n) is 2.38. The molecule has 1 nitrogen and oxygen atoms in total. The Morgan fingerprint density at radius 1 is 1.06 bits per heavy atom. The molecule has 16 heavy (non-hydrogen) atoms. The van der Waals surface area contributed by atoms with E-state index in [2.05, 4.69) is 24.8 Å². The molecule has 0 saturated carbocycles. The van der Waals surface area contributed by atoms with Crippen molar-refractivity contribution in [2.24, 2.45) is 0 Å². The quantitative estimate of drug-likeness (QED) is 0.422. The molecule has 0 radical (unpaired) electrons. The second-order valence-corrected chi connectivity index (χ2v) is 5.28. The Balaban J connectivity index is 2.12. The summed E-state index contributed by atoms with van der Waals surface area (Å²) in [7, 11) is 1.70. The van der Waals surface area contributed by atoms with Crippen molar-refractivity contribution < 1.29 is 4.74 Å². The Hall–Kier alpha value is -0.280. The standard InChI is InChI=1S/C13H20OS2/c1-14-12-6-8-13(9-7-12)16-11-5-3-2-4-10-15/h6-9,15H,2-5,10-11H2,1H3. The summed E-state index contributed by atoms with van der Waals surface area (Å²) in [5.41, 5.74) is 0. The fourth-order valence-corrected chi connectivity index (χ4v) is 2.57. The topological polar surface area (TPSA) is 9.23 Å². The van der Waals surface area contributed by atoms with Crippen LogP contribution < -0.4 is 4.74 Å². The highest BCUT2D eigenvalue weighted by Crippen LogP contribution is 2.22. The second-order valence-electron chi connectivity index (χ2n) is 3.66. The number of hydrogen-bond acceptors (Lipinski definition) is 3. The van der Waals surface area contributed by atoms with E-state index in [1.165, 1.54) is 36.3 Å². The molecular weight excluding hydrogens is 236 g/mol. The van der Waals surface area contributed by atoms with Crippen molar-refractivity contribution in [3.63, 3.8) is 0 Å². The predicted octanol–water partition coefficient (Wildman–Crippen LogP) is 4.28. The van der Waals surface area contributed by atoms with E-state index >= 15 is 0 Å². The molecular formula is C13H20OS2. The van der Waals surface area contributed by atoms with Crippen LogP contribution in [-0.4, -0.2) is 18.6 Å².